The first-order valence-corrected chi connectivity index (χ1v) is 20.5. The lowest BCUT2D eigenvalue weighted by atomic mass is 9.81. The van der Waals surface area contributed by atoms with Crippen LogP contribution in [0.4, 0.5) is 4.79 Å². The molecule has 288 valence electrons. The minimum absolute atomic E-state index is 0.0553. The molecule has 4 rings (SSSR count). The number of sulfone groups is 1. The summed E-state index contributed by atoms with van der Waals surface area (Å²) < 4.78 is 25.7. The van der Waals surface area contributed by atoms with Gasteiger partial charge in [0.1, 0.15) is 12.1 Å². The Labute approximate surface area is 305 Å². The van der Waals surface area contributed by atoms with Gasteiger partial charge < -0.3 is 26.2 Å². The van der Waals surface area contributed by atoms with Gasteiger partial charge in [0.25, 0.3) is 5.91 Å². The maximum absolute atomic E-state index is 14.5. The van der Waals surface area contributed by atoms with E-state index in [0.717, 1.165) is 38.5 Å². The second kappa shape index (κ2) is 15.2. The Morgan fingerprint density at radius 3 is 2.10 bits per heavy atom. The molecule has 5 amide bonds. The third-order valence-electron chi connectivity index (χ3n) is 12.1. The van der Waals surface area contributed by atoms with Gasteiger partial charge in [-0.15, -0.1) is 6.58 Å². The number of carbonyl (C=O) groups excluding carboxylic acids is 5. The van der Waals surface area contributed by atoms with Crippen LogP contribution in [0.3, 0.4) is 0 Å². The van der Waals surface area contributed by atoms with Crippen LogP contribution < -0.4 is 21.3 Å². The summed E-state index contributed by atoms with van der Waals surface area (Å²) in [6, 6.07) is -3.57. The Bertz CT molecular complexity index is 1470. The lowest BCUT2D eigenvalue weighted by Gasteiger charge is -2.41. The lowest BCUT2D eigenvalue weighted by Crippen LogP contribution is -2.64. The summed E-state index contributed by atoms with van der Waals surface area (Å²) >= 11 is 0. The number of hydrogen-bond donors (Lipinski definition) is 4. The first kappa shape index (κ1) is 40.8. The van der Waals surface area contributed by atoms with Crippen LogP contribution in [0.25, 0.3) is 0 Å². The lowest BCUT2D eigenvalue weighted by molar-refractivity contribution is -0.145. The molecule has 0 spiro atoms. The van der Waals surface area contributed by atoms with Crippen molar-refractivity contribution in [2.24, 2.45) is 28.6 Å². The molecule has 13 heteroatoms. The number of Topliss-reactive ketones (excluding diaryl/α,β-unsaturated/α-hetero) is 1. The number of fused-ring (bicyclic) bond motifs is 1. The van der Waals surface area contributed by atoms with E-state index >= 15 is 0 Å². The number of hydrogen-bond acceptors (Lipinski definition) is 7. The molecule has 0 radical (unpaired) electrons. The van der Waals surface area contributed by atoms with Crippen LogP contribution >= 0.6 is 0 Å². The van der Waals surface area contributed by atoms with Crippen molar-refractivity contribution in [3.05, 3.63) is 12.7 Å². The Morgan fingerprint density at radius 2 is 1.57 bits per heavy atom. The Kier molecular flexibility index (Phi) is 12.1. The molecule has 4 aliphatic rings. The van der Waals surface area contributed by atoms with Gasteiger partial charge in [-0.2, -0.15) is 0 Å². The second-order valence-electron chi connectivity index (χ2n) is 18.3. The molecular weight excluding hydrogens is 671 g/mol. The predicted molar refractivity (Wildman–Crippen MR) is 197 cm³/mol. The second-order valence-corrected chi connectivity index (χ2v) is 21.0. The molecule has 0 aromatic rings. The maximum atomic E-state index is 14.5. The molecule has 3 aliphatic carbocycles. The number of urea groups is 1. The van der Waals surface area contributed by atoms with Gasteiger partial charge in [0.05, 0.1) is 22.1 Å². The molecule has 0 aromatic heterocycles. The van der Waals surface area contributed by atoms with Crippen molar-refractivity contribution >= 4 is 39.4 Å². The van der Waals surface area contributed by atoms with Crippen molar-refractivity contribution in [1.29, 1.82) is 0 Å². The summed E-state index contributed by atoms with van der Waals surface area (Å²) in [5.74, 6) is -2.23. The standard InChI is InChI=1S/C38H63N5O7S/c1-10-21-39-32(46)29(44)26(18-17-24-15-14-16-24)40-31(45)28-27-25(37(27,8)9)22-43(28)33(47)30(35(2,3)4)41-34(48)42-38(19-12-11-13-20-38)23-51(49,50)36(5,6)7/h10,24-28,30H,1,11-23H2,2-9H3,(H,39,46)(H,40,45)(H2,41,42,48)/t25-,26?,27-,28-,30+/m0/s1. The van der Waals surface area contributed by atoms with Crippen LogP contribution in [-0.2, 0) is 29.0 Å². The van der Waals surface area contributed by atoms with E-state index in [1.165, 1.54) is 11.0 Å². The van der Waals surface area contributed by atoms with Gasteiger partial charge in [0.2, 0.25) is 17.6 Å². The van der Waals surface area contributed by atoms with E-state index in [4.69, 9.17) is 0 Å². The van der Waals surface area contributed by atoms with E-state index in [-0.39, 0.29) is 29.5 Å². The van der Waals surface area contributed by atoms with Crippen molar-refractivity contribution in [3.63, 3.8) is 0 Å². The third-order valence-corrected chi connectivity index (χ3v) is 14.9. The highest BCUT2D eigenvalue weighted by molar-refractivity contribution is 7.92. The fourth-order valence-corrected chi connectivity index (χ4v) is 9.79. The fourth-order valence-electron chi connectivity index (χ4n) is 8.27. The maximum Gasteiger partial charge on any atom is 0.315 e. The van der Waals surface area contributed by atoms with Gasteiger partial charge in [0.15, 0.2) is 9.84 Å². The van der Waals surface area contributed by atoms with Crippen LogP contribution in [0.5, 0.6) is 0 Å². The van der Waals surface area contributed by atoms with Crippen LogP contribution in [-0.4, -0.2) is 90.1 Å². The molecule has 1 saturated heterocycles. The van der Waals surface area contributed by atoms with Crippen LogP contribution in [0.15, 0.2) is 12.7 Å². The number of nitrogens with one attached hydrogen (secondary N) is 4. The summed E-state index contributed by atoms with van der Waals surface area (Å²) in [5, 5.41) is 11.3. The highest BCUT2D eigenvalue weighted by atomic mass is 32.2. The Hall–Kier alpha value is -2.96. The molecule has 5 atom stereocenters. The number of amides is 5. The number of likely N-dealkylation sites (tertiary alicyclic amines) is 1. The highest BCUT2D eigenvalue weighted by Gasteiger charge is 2.70. The molecule has 1 unspecified atom stereocenters. The smallest absolute Gasteiger partial charge is 0.315 e. The average Bonchev–Trinajstić information content (AvgIpc) is 3.30. The van der Waals surface area contributed by atoms with Gasteiger partial charge in [-0.1, -0.05) is 79.2 Å². The molecule has 4 fully saturated rings. The van der Waals surface area contributed by atoms with Crippen LogP contribution in [0, 0.1) is 28.6 Å². The minimum atomic E-state index is -3.57. The summed E-state index contributed by atoms with van der Waals surface area (Å²) in [7, 11) is -3.57. The van der Waals surface area contributed by atoms with Crippen molar-refractivity contribution in [2.75, 3.05) is 18.8 Å². The van der Waals surface area contributed by atoms with Gasteiger partial charge in [0, 0.05) is 13.1 Å². The molecule has 0 aromatic carbocycles. The molecule has 0 bridgehead atoms. The molecule has 1 aliphatic heterocycles. The van der Waals surface area contributed by atoms with Gasteiger partial charge in [-0.3, -0.25) is 19.2 Å². The predicted octanol–water partition coefficient (Wildman–Crippen LogP) is 4.04. The van der Waals surface area contributed by atoms with Crippen LogP contribution in [0.1, 0.15) is 120 Å². The average molecular weight is 734 g/mol. The number of ketones is 1. The van der Waals surface area contributed by atoms with E-state index in [0.29, 0.717) is 38.1 Å². The van der Waals surface area contributed by atoms with Crippen LogP contribution in [0.2, 0.25) is 0 Å². The largest absolute Gasteiger partial charge is 0.346 e. The van der Waals surface area contributed by atoms with E-state index in [1.807, 2.05) is 20.8 Å². The summed E-state index contributed by atoms with van der Waals surface area (Å²) in [5.41, 5.74) is -1.93. The summed E-state index contributed by atoms with van der Waals surface area (Å²) in [6.45, 7) is 18.6. The number of nitrogens with zero attached hydrogens (tertiary/aromatic N) is 1. The van der Waals surface area contributed by atoms with E-state index in [2.05, 4.69) is 41.7 Å². The van der Waals surface area contributed by atoms with E-state index < -0.39 is 73.2 Å². The third kappa shape index (κ3) is 9.16. The summed E-state index contributed by atoms with van der Waals surface area (Å²) in [6.07, 6.45) is 9.31. The Morgan fingerprint density at radius 1 is 0.941 bits per heavy atom. The molecule has 51 heavy (non-hydrogen) atoms. The normalized spacial score (nSPS) is 25.3. The number of rotatable bonds is 14. The molecular formula is C38H63N5O7S. The Balaban J connectivity index is 1.55. The van der Waals surface area contributed by atoms with Gasteiger partial charge >= 0.3 is 6.03 Å². The van der Waals surface area contributed by atoms with Crippen molar-refractivity contribution in [2.45, 2.75) is 148 Å². The zero-order valence-corrected chi connectivity index (χ0v) is 33.0. The molecule has 3 saturated carbocycles. The van der Waals surface area contributed by atoms with Gasteiger partial charge in [-0.25, -0.2) is 13.2 Å². The van der Waals surface area contributed by atoms with Gasteiger partial charge in [-0.05, 0) is 75.0 Å². The number of carbonyl (C=O) groups is 5. The quantitative estimate of drug-likeness (QED) is 0.154. The number of piperidine rings is 1. The molecule has 12 nitrogen and oxygen atoms in total. The molecule has 4 N–H and O–H groups in total. The first-order chi connectivity index (χ1) is 23.5. The molecule has 1 heterocycles. The fraction of sp³-hybridized carbons (Fsp3) is 0.816. The first-order valence-electron chi connectivity index (χ1n) is 18.9. The van der Waals surface area contributed by atoms with E-state index in [9.17, 15) is 32.4 Å². The van der Waals surface area contributed by atoms with E-state index in [1.54, 1.807) is 20.8 Å². The highest BCUT2D eigenvalue weighted by Crippen LogP contribution is 2.65. The summed E-state index contributed by atoms with van der Waals surface area (Å²) in [4.78, 5) is 70.1. The monoisotopic (exact) mass is 733 g/mol. The van der Waals surface area contributed by atoms with Crippen molar-refractivity contribution < 1.29 is 32.4 Å². The van der Waals surface area contributed by atoms with Crippen molar-refractivity contribution in [3.8, 4) is 0 Å². The minimum Gasteiger partial charge on any atom is -0.346 e. The van der Waals surface area contributed by atoms with Crippen molar-refractivity contribution in [1.82, 2.24) is 26.2 Å². The topological polar surface area (TPSA) is 171 Å². The SMILES string of the molecule is C=CCNC(=O)C(=O)C(CCC1CCC1)NC(=O)[C@@H]1[C@@H]2[C@H](CN1C(=O)[C@@H](NC(=O)NC1(CS(=O)(=O)C(C)(C)C)CCCCC1)C(C)(C)C)C2(C)C. The zero-order valence-electron chi connectivity index (χ0n) is 32.2. The zero-order chi connectivity index (χ0) is 38.2.